The number of H-pyrrole nitrogens is 1. The van der Waals surface area contributed by atoms with E-state index in [9.17, 15) is 9.59 Å². The fraction of sp³-hybridized carbons (Fsp3) is 0.375. The molecule has 0 saturated carbocycles. The van der Waals surface area contributed by atoms with Crippen LogP contribution in [-0.4, -0.2) is 40.8 Å². The summed E-state index contributed by atoms with van der Waals surface area (Å²) in [7, 11) is 0. The van der Waals surface area contributed by atoms with E-state index in [-0.39, 0.29) is 17.9 Å². The average molecular weight is 285 g/mol. The fourth-order valence-electron chi connectivity index (χ4n) is 2.86. The minimum absolute atomic E-state index is 0.0613. The van der Waals surface area contributed by atoms with Gasteiger partial charge in [0.2, 0.25) is 5.91 Å². The highest BCUT2D eigenvalue weighted by molar-refractivity contribution is 6.06. The van der Waals surface area contributed by atoms with E-state index in [4.69, 9.17) is 0 Å². The summed E-state index contributed by atoms with van der Waals surface area (Å²) in [5, 5.41) is 3.89. The van der Waals surface area contributed by atoms with Crippen LogP contribution in [0.15, 0.2) is 30.5 Å². The van der Waals surface area contributed by atoms with Gasteiger partial charge in [0.05, 0.1) is 0 Å². The summed E-state index contributed by atoms with van der Waals surface area (Å²) in [4.78, 5) is 28.9. The molecular formula is C16H19N3O2. The number of likely N-dealkylation sites (tertiary alicyclic amines) is 1. The Morgan fingerprint density at radius 3 is 3.05 bits per heavy atom. The molecule has 2 N–H and O–H groups in total. The number of fused-ring (bicyclic) bond motifs is 1. The first-order chi connectivity index (χ1) is 10.1. The minimum Gasteiger partial charge on any atom is -0.361 e. The maximum Gasteiger partial charge on any atom is 0.252 e. The fourth-order valence-corrected chi connectivity index (χ4v) is 2.86. The van der Waals surface area contributed by atoms with Crippen molar-refractivity contribution in [3.8, 4) is 0 Å². The molecule has 1 unspecified atom stereocenters. The Morgan fingerprint density at radius 1 is 1.43 bits per heavy atom. The molecule has 1 aromatic carbocycles. The number of aromatic nitrogens is 1. The van der Waals surface area contributed by atoms with Gasteiger partial charge in [-0.25, -0.2) is 0 Å². The molecule has 1 aliphatic heterocycles. The maximum absolute atomic E-state index is 12.4. The Balaban J connectivity index is 1.68. The second kappa shape index (κ2) is 5.60. The van der Waals surface area contributed by atoms with E-state index in [1.165, 1.54) is 0 Å². The van der Waals surface area contributed by atoms with Crippen LogP contribution in [0, 0.1) is 0 Å². The van der Waals surface area contributed by atoms with E-state index >= 15 is 0 Å². The van der Waals surface area contributed by atoms with Gasteiger partial charge in [0, 0.05) is 48.2 Å². The normalized spacial score (nSPS) is 16.4. The number of carbonyl (C=O) groups is 2. The van der Waals surface area contributed by atoms with E-state index < -0.39 is 0 Å². The molecular weight excluding hydrogens is 266 g/mol. The van der Waals surface area contributed by atoms with Gasteiger partial charge in [0.15, 0.2) is 0 Å². The molecule has 2 heterocycles. The lowest BCUT2D eigenvalue weighted by Gasteiger charge is -2.21. The topological polar surface area (TPSA) is 65.2 Å². The zero-order valence-corrected chi connectivity index (χ0v) is 12.1. The number of hydrogen-bond acceptors (Lipinski definition) is 2. The monoisotopic (exact) mass is 285 g/mol. The first-order valence-electron chi connectivity index (χ1n) is 7.30. The van der Waals surface area contributed by atoms with Crippen LogP contribution in [0.25, 0.3) is 10.9 Å². The third-order valence-electron chi connectivity index (χ3n) is 3.88. The van der Waals surface area contributed by atoms with Crippen LogP contribution in [0.2, 0.25) is 0 Å². The van der Waals surface area contributed by atoms with Gasteiger partial charge in [0.1, 0.15) is 0 Å². The van der Waals surface area contributed by atoms with E-state index in [0.717, 1.165) is 23.9 Å². The zero-order valence-electron chi connectivity index (χ0n) is 12.1. The molecule has 0 radical (unpaired) electrons. The van der Waals surface area contributed by atoms with Gasteiger partial charge >= 0.3 is 0 Å². The zero-order chi connectivity index (χ0) is 14.8. The highest BCUT2D eigenvalue weighted by atomic mass is 16.2. The second-order valence-corrected chi connectivity index (χ2v) is 5.56. The van der Waals surface area contributed by atoms with Crippen LogP contribution >= 0.6 is 0 Å². The summed E-state index contributed by atoms with van der Waals surface area (Å²) in [5.74, 6) is 0.0863. The van der Waals surface area contributed by atoms with Gasteiger partial charge < -0.3 is 15.2 Å². The largest absolute Gasteiger partial charge is 0.361 e. The van der Waals surface area contributed by atoms with Crippen molar-refractivity contribution in [3.05, 3.63) is 36.0 Å². The quantitative estimate of drug-likeness (QED) is 0.901. The lowest BCUT2D eigenvalue weighted by Crippen LogP contribution is -2.42. The van der Waals surface area contributed by atoms with Gasteiger partial charge in [-0.05, 0) is 31.5 Å². The first-order valence-corrected chi connectivity index (χ1v) is 7.30. The summed E-state index contributed by atoms with van der Waals surface area (Å²) < 4.78 is 0. The molecule has 0 bridgehead atoms. The minimum atomic E-state index is -0.0978. The highest BCUT2D eigenvalue weighted by Crippen LogP contribution is 2.17. The van der Waals surface area contributed by atoms with Gasteiger partial charge in [-0.2, -0.15) is 0 Å². The van der Waals surface area contributed by atoms with Crippen molar-refractivity contribution < 1.29 is 9.59 Å². The summed E-state index contributed by atoms with van der Waals surface area (Å²) >= 11 is 0. The molecule has 5 nitrogen and oxygen atoms in total. The van der Waals surface area contributed by atoms with E-state index in [1.807, 2.05) is 42.3 Å². The lowest BCUT2D eigenvalue weighted by molar-refractivity contribution is -0.127. The molecule has 1 saturated heterocycles. The van der Waals surface area contributed by atoms with Crippen molar-refractivity contribution in [1.29, 1.82) is 0 Å². The highest BCUT2D eigenvalue weighted by Gasteiger charge is 2.22. The second-order valence-electron chi connectivity index (χ2n) is 5.56. The van der Waals surface area contributed by atoms with Crippen LogP contribution in [0.5, 0.6) is 0 Å². The van der Waals surface area contributed by atoms with Crippen molar-refractivity contribution in [2.75, 3.05) is 13.1 Å². The third-order valence-corrected chi connectivity index (χ3v) is 3.88. The Hall–Kier alpha value is -2.30. The predicted octanol–water partition coefficient (Wildman–Crippen LogP) is 1.91. The van der Waals surface area contributed by atoms with Gasteiger partial charge in [-0.15, -0.1) is 0 Å². The summed E-state index contributed by atoms with van der Waals surface area (Å²) in [6.07, 6.45) is 3.37. The van der Waals surface area contributed by atoms with Crippen molar-refractivity contribution in [2.45, 2.75) is 25.8 Å². The number of aromatic amines is 1. The van der Waals surface area contributed by atoms with E-state index in [0.29, 0.717) is 18.5 Å². The Bertz CT molecular complexity index is 677. The standard InChI is InChI=1S/C16H19N3O2/c1-11(10-19-9-3-6-15(19)20)18-16(21)13-4-2-5-14-12(13)7-8-17-14/h2,4-5,7-8,11,17H,3,6,9-10H2,1H3,(H,18,21). The molecule has 1 aromatic heterocycles. The summed E-state index contributed by atoms with van der Waals surface area (Å²) in [5.41, 5.74) is 1.61. The molecule has 21 heavy (non-hydrogen) atoms. The number of nitrogens with zero attached hydrogens (tertiary/aromatic N) is 1. The predicted molar refractivity (Wildman–Crippen MR) is 81.0 cm³/mol. The van der Waals surface area contributed by atoms with Crippen molar-refractivity contribution >= 4 is 22.7 Å². The molecule has 2 aromatic rings. The smallest absolute Gasteiger partial charge is 0.252 e. The molecule has 5 heteroatoms. The number of benzene rings is 1. The number of hydrogen-bond donors (Lipinski definition) is 2. The molecule has 110 valence electrons. The summed E-state index contributed by atoms with van der Waals surface area (Å²) in [6, 6.07) is 7.47. The van der Waals surface area contributed by atoms with Crippen molar-refractivity contribution in [1.82, 2.24) is 15.2 Å². The Labute approximate surface area is 123 Å². The van der Waals surface area contributed by atoms with Crippen LogP contribution < -0.4 is 5.32 Å². The Morgan fingerprint density at radius 2 is 2.29 bits per heavy atom. The van der Waals surface area contributed by atoms with Crippen molar-refractivity contribution in [2.24, 2.45) is 0 Å². The molecule has 1 atom stereocenters. The number of amides is 2. The molecule has 2 amide bonds. The molecule has 1 aliphatic rings. The van der Waals surface area contributed by atoms with Crippen LogP contribution in [0.3, 0.4) is 0 Å². The number of nitrogens with one attached hydrogen (secondary N) is 2. The number of rotatable bonds is 4. The SMILES string of the molecule is CC(CN1CCCC1=O)NC(=O)c1cccc2[nH]ccc12. The van der Waals surface area contributed by atoms with E-state index in [1.54, 1.807) is 0 Å². The number of carbonyl (C=O) groups excluding carboxylic acids is 2. The van der Waals surface area contributed by atoms with Crippen LogP contribution in [-0.2, 0) is 4.79 Å². The molecule has 1 fully saturated rings. The average Bonchev–Trinajstić information content (AvgIpc) is 3.07. The van der Waals surface area contributed by atoms with E-state index in [2.05, 4.69) is 10.3 Å². The Kier molecular flexibility index (Phi) is 3.64. The van der Waals surface area contributed by atoms with Gasteiger partial charge in [0.25, 0.3) is 5.91 Å². The van der Waals surface area contributed by atoms with Gasteiger partial charge in [-0.1, -0.05) is 6.07 Å². The third kappa shape index (κ3) is 2.77. The first kappa shape index (κ1) is 13.7. The van der Waals surface area contributed by atoms with Gasteiger partial charge in [-0.3, -0.25) is 9.59 Å². The maximum atomic E-state index is 12.4. The van der Waals surface area contributed by atoms with Crippen molar-refractivity contribution in [3.63, 3.8) is 0 Å². The lowest BCUT2D eigenvalue weighted by atomic mass is 10.1. The molecule has 0 aliphatic carbocycles. The summed E-state index contributed by atoms with van der Waals surface area (Å²) in [6.45, 7) is 3.31. The molecule has 0 spiro atoms. The van der Waals surface area contributed by atoms with Crippen LogP contribution in [0.1, 0.15) is 30.1 Å². The molecule has 3 rings (SSSR count). The van der Waals surface area contributed by atoms with Crippen LogP contribution in [0.4, 0.5) is 0 Å².